The smallest absolute Gasteiger partial charge is 0.331 e. The molecule has 0 spiro atoms. The van der Waals surface area contributed by atoms with Gasteiger partial charge < -0.3 is 18.9 Å². The van der Waals surface area contributed by atoms with Crippen molar-refractivity contribution in [3.8, 4) is 11.5 Å². The zero-order valence-corrected chi connectivity index (χ0v) is 18.2. The second-order valence-corrected chi connectivity index (χ2v) is 7.86. The Morgan fingerprint density at radius 3 is 2.56 bits per heavy atom. The number of ketones is 1. The van der Waals surface area contributed by atoms with Gasteiger partial charge in [0.1, 0.15) is 12.2 Å². The summed E-state index contributed by atoms with van der Waals surface area (Å²) in [6.45, 7) is 0. The van der Waals surface area contributed by atoms with E-state index >= 15 is 0 Å². The fourth-order valence-electron chi connectivity index (χ4n) is 4.21. The molecule has 0 saturated heterocycles. The first-order valence-electron chi connectivity index (χ1n) is 10.6. The Bertz CT molecular complexity index is 1040. The van der Waals surface area contributed by atoms with Gasteiger partial charge in [-0.3, -0.25) is 4.79 Å². The summed E-state index contributed by atoms with van der Waals surface area (Å²) >= 11 is 0. The minimum Gasteiger partial charge on any atom is -0.496 e. The van der Waals surface area contributed by atoms with Crippen LogP contribution in [-0.4, -0.2) is 38.2 Å². The summed E-state index contributed by atoms with van der Waals surface area (Å²) in [5, 5.41) is 0. The first kappa shape index (κ1) is 21.7. The van der Waals surface area contributed by atoms with Gasteiger partial charge in [-0.25, -0.2) is 4.79 Å². The third kappa shape index (κ3) is 4.69. The molecule has 0 amide bonds. The number of Topliss-reactive ketones (excluding diaryl/α,β-unsaturated/α-hetero) is 1. The van der Waals surface area contributed by atoms with E-state index in [-0.39, 0.29) is 29.9 Å². The summed E-state index contributed by atoms with van der Waals surface area (Å²) in [6, 6.07) is 14.9. The third-order valence-corrected chi connectivity index (χ3v) is 5.90. The molecule has 0 aromatic heterocycles. The molecule has 0 N–H and O–H groups in total. The number of allylic oxidation sites excluding steroid dienone is 1. The van der Waals surface area contributed by atoms with Crippen LogP contribution < -0.4 is 9.47 Å². The maximum Gasteiger partial charge on any atom is 0.331 e. The standard InChI is InChI=1S/C26H26O6/c1-29-22-12-9-18(14-24(22)30-2)21-16-31-23-15-19(10-11-20(23)26(21)28)32-25(27)13-8-17-6-4-3-5-7-17/h3-9,12-14,16,19-20,23H,10-11,15H2,1-2H3/b13-8+. The molecule has 1 aliphatic carbocycles. The van der Waals surface area contributed by atoms with E-state index in [1.54, 1.807) is 32.4 Å². The van der Waals surface area contributed by atoms with E-state index in [0.29, 0.717) is 36.3 Å². The summed E-state index contributed by atoms with van der Waals surface area (Å²) in [4.78, 5) is 25.4. The molecule has 4 rings (SSSR count). The molecule has 0 bridgehead atoms. The van der Waals surface area contributed by atoms with Gasteiger partial charge in [-0.2, -0.15) is 0 Å². The van der Waals surface area contributed by atoms with Crippen molar-refractivity contribution in [3.63, 3.8) is 0 Å². The van der Waals surface area contributed by atoms with Crippen LogP contribution in [0.4, 0.5) is 0 Å². The van der Waals surface area contributed by atoms with E-state index in [0.717, 1.165) is 11.1 Å². The average Bonchev–Trinajstić information content (AvgIpc) is 2.83. The number of fused-ring (bicyclic) bond motifs is 1. The number of carbonyl (C=O) groups excluding carboxylic acids is 2. The van der Waals surface area contributed by atoms with Gasteiger partial charge in [0.25, 0.3) is 0 Å². The number of esters is 1. The number of rotatable bonds is 6. The van der Waals surface area contributed by atoms with Gasteiger partial charge in [0.15, 0.2) is 17.3 Å². The van der Waals surface area contributed by atoms with Crippen LogP contribution >= 0.6 is 0 Å². The molecule has 2 aromatic carbocycles. The number of ether oxygens (including phenoxy) is 4. The Morgan fingerprint density at radius 1 is 1.03 bits per heavy atom. The number of hydrogen-bond donors (Lipinski definition) is 0. The van der Waals surface area contributed by atoms with Gasteiger partial charge in [-0.15, -0.1) is 0 Å². The molecule has 6 nitrogen and oxygen atoms in total. The number of hydrogen-bond acceptors (Lipinski definition) is 6. The average molecular weight is 434 g/mol. The Kier molecular flexibility index (Phi) is 6.59. The van der Waals surface area contributed by atoms with Crippen molar-refractivity contribution in [1.29, 1.82) is 0 Å². The number of benzene rings is 2. The van der Waals surface area contributed by atoms with Gasteiger partial charge in [0.05, 0.1) is 32.0 Å². The highest BCUT2D eigenvalue weighted by molar-refractivity contribution is 6.22. The summed E-state index contributed by atoms with van der Waals surface area (Å²) in [6.07, 6.45) is 5.84. The lowest BCUT2D eigenvalue weighted by Crippen LogP contribution is -2.41. The predicted molar refractivity (Wildman–Crippen MR) is 120 cm³/mol. The van der Waals surface area contributed by atoms with Crippen molar-refractivity contribution in [1.82, 2.24) is 0 Å². The SMILES string of the molecule is COc1ccc(C2=COC3CC(OC(=O)/C=C/c4ccccc4)CCC3C2=O)cc1OC. The van der Waals surface area contributed by atoms with E-state index in [1.165, 1.54) is 12.3 Å². The Hall–Kier alpha value is -3.54. The molecular weight excluding hydrogens is 408 g/mol. The molecule has 0 radical (unpaired) electrons. The topological polar surface area (TPSA) is 71.1 Å². The molecule has 1 saturated carbocycles. The lowest BCUT2D eigenvalue weighted by molar-refractivity contribution is -0.148. The van der Waals surface area contributed by atoms with Crippen LogP contribution in [-0.2, 0) is 19.1 Å². The number of methoxy groups -OCH3 is 2. The third-order valence-electron chi connectivity index (χ3n) is 5.90. The first-order chi connectivity index (χ1) is 15.6. The van der Waals surface area contributed by atoms with E-state index in [2.05, 4.69) is 0 Å². The van der Waals surface area contributed by atoms with Gasteiger partial charge in [-0.05, 0) is 42.2 Å². The summed E-state index contributed by atoms with van der Waals surface area (Å²) in [5.74, 6) is 0.559. The summed E-state index contributed by atoms with van der Waals surface area (Å²) < 4.78 is 22.1. The van der Waals surface area contributed by atoms with Gasteiger partial charge in [-0.1, -0.05) is 36.4 Å². The Morgan fingerprint density at radius 2 is 1.81 bits per heavy atom. The lowest BCUT2D eigenvalue weighted by Gasteiger charge is -2.37. The molecule has 1 aliphatic heterocycles. The molecule has 166 valence electrons. The zero-order chi connectivity index (χ0) is 22.5. The van der Waals surface area contributed by atoms with E-state index in [9.17, 15) is 9.59 Å². The molecular formula is C26H26O6. The molecule has 3 unspecified atom stereocenters. The maximum atomic E-state index is 13.2. The van der Waals surface area contributed by atoms with E-state index < -0.39 is 0 Å². The van der Waals surface area contributed by atoms with Gasteiger partial charge in [0, 0.05) is 12.5 Å². The second-order valence-electron chi connectivity index (χ2n) is 7.86. The van der Waals surface area contributed by atoms with Crippen LogP contribution in [0.15, 0.2) is 60.9 Å². The molecule has 2 aliphatic rings. The second kappa shape index (κ2) is 9.73. The summed E-state index contributed by atoms with van der Waals surface area (Å²) in [7, 11) is 3.13. The summed E-state index contributed by atoms with van der Waals surface area (Å²) in [5.41, 5.74) is 2.18. The molecule has 1 heterocycles. The minimum absolute atomic E-state index is 0.0437. The quantitative estimate of drug-likeness (QED) is 0.495. The van der Waals surface area contributed by atoms with Crippen molar-refractivity contribution >= 4 is 23.4 Å². The molecule has 32 heavy (non-hydrogen) atoms. The van der Waals surface area contributed by atoms with E-state index in [1.807, 2.05) is 36.4 Å². The Balaban J connectivity index is 1.40. The fourth-order valence-corrected chi connectivity index (χ4v) is 4.21. The maximum absolute atomic E-state index is 13.2. The van der Waals surface area contributed by atoms with Gasteiger partial charge >= 0.3 is 5.97 Å². The lowest BCUT2D eigenvalue weighted by atomic mass is 9.78. The first-order valence-corrected chi connectivity index (χ1v) is 10.6. The molecule has 3 atom stereocenters. The zero-order valence-electron chi connectivity index (χ0n) is 18.2. The Labute approximate surface area is 187 Å². The van der Waals surface area contributed by atoms with Crippen molar-refractivity contribution in [2.75, 3.05) is 14.2 Å². The van der Waals surface area contributed by atoms with Crippen LogP contribution in [0, 0.1) is 5.92 Å². The van der Waals surface area contributed by atoms with Crippen molar-refractivity contribution in [3.05, 3.63) is 72.0 Å². The van der Waals surface area contributed by atoms with Crippen molar-refractivity contribution in [2.24, 2.45) is 5.92 Å². The van der Waals surface area contributed by atoms with Crippen LogP contribution in [0.25, 0.3) is 11.6 Å². The van der Waals surface area contributed by atoms with Crippen LogP contribution in [0.1, 0.15) is 30.4 Å². The highest BCUT2D eigenvalue weighted by Crippen LogP contribution is 2.39. The predicted octanol–water partition coefficient (Wildman–Crippen LogP) is 4.44. The molecule has 6 heteroatoms. The highest BCUT2D eigenvalue weighted by Gasteiger charge is 2.41. The van der Waals surface area contributed by atoms with E-state index in [4.69, 9.17) is 18.9 Å². The largest absolute Gasteiger partial charge is 0.496 e. The minimum atomic E-state index is -0.388. The van der Waals surface area contributed by atoms with Crippen LogP contribution in [0.5, 0.6) is 11.5 Å². The molecule has 1 fully saturated rings. The van der Waals surface area contributed by atoms with Gasteiger partial charge in [0.2, 0.25) is 0 Å². The van der Waals surface area contributed by atoms with Crippen LogP contribution in [0.2, 0.25) is 0 Å². The monoisotopic (exact) mass is 434 g/mol. The normalized spacial score (nSPS) is 22.5. The van der Waals surface area contributed by atoms with Crippen molar-refractivity contribution < 1.29 is 28.5 Å². The molecule has 2 aromatic rings. The van der Waals surface area contributed by atoms with Crippen LogP contribution in [0.3, 0.4) is 0 Å². The van der Waals surface area contributed by atoms with Crippen molar-refractivity contribution in [2.45, 2.75) is 31.5 Å². The number of carbonyl (C=O) groups is 2. The highest BCUT2D eigenvalue weighted by atomic mass is 16.5. The fraction of sp³-hybridized carbons (Fsp3) is 0.308.